The first-order valence-electron chi connectivity index (χ1n) is 4.56. The summed E-state index contributed by atoms with van der Waals surface area (Å²) in [5, 5.41) is 9.64. The van der Waals surface area contributed by atoms with E-state index < -0.39 is 11.9 Å². The van der Waals surface area contributed by atoms with Gasteiger partial charge in [-0.2, -0.15) is 0 Å². The molecule has 0 bridgehead atoms. The molecule has 15 heavy (non-hydrogen) atoms. The molecule has 0 aliphatic heterocycles. The monoisotopic (exact) mass is 212 g/mol. The number of rotatable bonds is 4. The van der Waals surface area contributed by atoms with Gasteiger partial charge in [-0.15, -0.1) is 0 Å². The van der Waals surface area contributed by atoms with Gasteiger partial charge in [0.2, 0.25) is 0 Å². The first-order chi connectivity index (χ1) is 7.06. The Morgan fingerprint density at radius 2 is 2.27 bits per heavy atom. The average molecular weight is 212 g/mol. The Hall–Kier alpha value is -1.42. The maximum absolute atomic E-state index is 13.4. The quantitative estimate of drug-likeness (QED) is 0.828. The number of carbonyl (C=O) groups is 1. The van der Waals surface area contributed by atoms with Gasteiger partial charge in [-0.25, -0.2) is 4.39 Å². The number of benzene rings is 1. The Morgan fingerprint density at radius 1 is 1.60 bits per heavy atom. The minimum absolute atomic E-state index is 0.0372. The molecule has 0 unspecified atom stereocenters. The minimum atomic E-state index is -1.15. The zero-order chi connectivity index (χ0) is 11.4. The van der Waals surface area contributed by atoms with Crippen molar-refractivity contribution in [2.45, 2.75) is 19.4 Å². The lowest BCUT2D eigenvalue weighted by molar-refractivity contribution is -0.118. The molecule has 1 rings (SSSR count). The van der Waals surface area contributed by atoms with Crippen molar-refractivity contribution in [3.8, 4) is 5.75 Å². The highest BCUT2D eigenvalue weighted by Crippen LogP contribution is 2.29. The summed E-state index contributed by atoms with van der Waals surface area (Å²) in [5.74, 6) is -0.514. The van der Waals surface area contributed by atoms with E-state index in [1.807, 2.05) is 0 Å². The molecule has 0 aromatic heterocycles. The van der Waals surface area contributed by atoms with Crippen molar-refractivity contribution in [3.63, 3.8) is 0 Å². The van der Waals surface area contributed by atoms with E-state index >= 15 is 0 Å². The summed E-state index contributed by atoms with van der Waals surface area (Å²) < 4.78 is 18.3. The van der Waals surface area contributed by atoms with E-state index in [2.05, 4.69) is 0 Å². The van der Waals surface area contributed by atoms with Gasteiger partial charge in [0.25, 0.3) is 0 Å². The average Bonchev–Trinajstić information content (AvgIpc) is 2.15. The molecule has 0 amide bonds. The van der Waals surface area contributed by atoms with E-state index in [0.717, 1.165) is 0 Å². The maximum atomic E-state index is 13.4. The highest BCUT2D eigenvalue weighted by molar-refractivity contribution is 5.76. The lowest BCUT2D eigenvalue weighted by Crippen LogP contribution is -2.07. The van der Waals surface area contributed by atoms with Crippen LogP contribution in [0.15, 0.2) is 18.2 Å². The Labute approximate surface area is 87.5 Å². The topological polar surface area (TPSA) is 46.5 Å². The minimum Gasteiger partial charge on any atom is -0.496 e. The first-order valence-corrected chi connectivity index (χ1v) is 4.56. The molecule has 82 valence electrons. The van der Waals surface area contributed by atoms with Crippen LogP contribution in [0.3, 0.4) is 0 Å². The smallest absolute Gasteiger partial charge is 0.132 e. The van der Waals surface area contributed by atoms with Crippen LogP contribution >= 0.6 is 0 Å². The molecule has 0 aliphatic rings. The number of hydrogen-bond acceptors (Lipinski definition) is 3. The van der Waals surface area contributed by atoms with Crippen molar-refractivity contribution in [2.75, 3.05) is 7.11 Å². The van der Waals surface area contributed by atoms with Gasteiger partial charge in [-0.1, -0.05) is 6.07 Å². The third-order valence-electron chi connectivity index (χ3n) is 2.05. The molecule has 1 N–H and O–H groups in total. The molecule has 1 aromatic rings. The predicted molar refractivity (Wildman–Crippen MR) is 53.2 cm³/mol. The van der Waals surface area contributed by atoms with Crippen LogP contribution in [0.2, 0.25) is 0 Å². The van der Waals surface area contributed by atoms with E-state index in [4.69, 9.17) is 4.74 Å². The molecule has 4 heteroatoms. The third kappa shape index (κ3) is 2.76. The second kappa shape index (κ2) is 4.89. The van der Waals surface area contributed by atoms with Gasteiger partial charge in [-0.3, -0.25) is 4.79 Å². The number of aliphatic hydroxyl groups is 1. The summed E-state index contributed by atoms with van der Waals surface area (Å²) in [7, 11) is 1.39. The molecular weight excluding hydrogens is 199 g/mol. The van der Waals surface area contributed by atoms with Crippen LogP contribution in [0.4, 0.5) is 4.39 Å². The molecule has 0 saturated heterocycles. The van der Waals surface area contributed by atoms with Crippen molar-refractivity contribution in [1.82, 2.24) is 0 Å². The number of methoxy groups -OCH3 is 1. The summed E-state index contributed by atoms with van der Waals surface area (Å²) >= 11 is 0. The fourth-order valence-corrected chi connectivity index (χ4v) is 1.39. The Balaban J connectivity index is 3.05. The van der Waals surface area contributed by atoms with Gasteiger partial charge in [0.05, 0.1) is 18.8 Å². The number of hydrogen-bond donors (Lipinski definition) is 1. The summed E-state index contributed by atoms with van der Waals surface area (Å²) in [6, 6.07) is 4.25. The SMILES string of the molecule is COc1cccc(F)c1[C@H](O)CC(C)=O. The highest BCUT2D eigenvalue weighted by Gasteiger charge is 2.19. The lowest BCUT2D eigenvalue weighted by atomic mass is 10.0. The van der Waals surface area contributed by atoms with Gasteiger partial charge in [0, 0.05) is 6.42 Å². The second-order valence-corrected chi connectivity index (χ2v) is 3.28. The normalized spacial score (nSPS) is 12.3. The zero-order valence-corrected chi connectivity index (χ0v) is 8.66. The van der Waals surface area contributed by atoms with Gasteiger partial charge in [-0.05, 0) is 19.1 Å². The number of ether oxygens (including phenoxy) is 1. The standard InChI is InChI=1S/C11H13FO3/c1-7(13)6-9(14)11-8(12)4-3-5-10(11)15-2/h3-5,9,14H,6H2,1-2H3/t9-/m1/s1. The van der Waals surface area contributed by atoms with Crippen LogP contribution in [0, 0.1) is 5.82 Å². The fraction of sp³-hybridized carbons (Fsp3) is 0.364. The van der Waals surface area contributed by atoms with Crippen LogP contribution < -0.4 is 4.74 Å². The second-order valence-electron chi connectivity index (χ2n) is 3.28. The van der Waals surface area contributed by atoms with Crippen LogP contribution in [0.1, 0.15) is 25.0 Å². The van der Waals surface area contributed by atoms with E-state index in [0.29, 0.717) is 0 Å². The van der Waals surface area contributed by atoms with Gasteiger partial charge in [0.15, 0.2) is 0 Å². The number of halogens is 1. The molecule has 0 aliphatic carbocycles. The summed E-state index contributed by atoms with van der Waals surface area (Å²) in [6.45, 7) is 1.34. The van der Waals surface area contributed by atoms with Gasteiger partial charge >= 0.3 is 0 Å². The maximum Gasteiger partial charge on any atom is 0.132 e. The molecule has 3 nitrogen and oxygen atoms in total. The van der Waals surface area contributed by atoms with Crippen LogP contribution in [-0.2, 0) is 4.79 Å². The van der Waals surface area contributed by atoms with Crippen molar-refractivity contribution in [1.29, 1.82) is 0 Å². The number of ketones is 1. The highest BCUT2D eigenvalue weighted by atomic mass is 19.1. The largest absolute Gasteiger partial charge is 0.496 e. The molecule has 0 heterocycles. The molecule has 0 saturated carbocycles. The van der Waals surface area contributed by atoms with E-state index in [9.17, 15) is 14.3 Å². The Morgan fingerprint density at radius 3 is 2.80 bits per heavy atom. The van der Waals surface area contributed by atoms with Crippen molar-refractivity contribution >= 4 is 5.78 Å². The fourth-order valence-electron chi connectivity index (χ4n) is 1.39. The summed E-state index contributed by atoms with van der Waals surface area (Å²) in [4.78, 5) is 10.8. The summed E-state index contributed by atoms with van der Waals surface area (Å²) in [5.41, 5.74) is 0.0372. The van der Waals surface area contributed by atoms with E-state index in [1.165, 1.54) is 26.2 Å². The molecule has 0 radical (unpaired) electrons. The number of Topliss-reactive ketones (excluding diaryl/α,β-unsaturated/α-hetero) is 1. The number of carbonyl (C=O) groups excluding carboxylic acids is 1. The van der Waals surface area contributed by atoms with Gasteiger partial charge < -0.3 is 9.84 Å². The molecule has 0 spiro atoms. The number of aliphatic hydroxyl groups excluding tert-OH is 1. The Bertz CT molecular complexity index is 363. The molecule has 1 aromatic carbocycles. The van der Waals surface area contributed by atoms with Crippen LogP contribution in [0.25, 0.3) is 0 Å². The van der Waals surface area contributed by atoms with Crippen molar-refractivity contribution in [2.24, 2.45) is 0 Å². The van der Waals surface area contributed by atoms with E-state index in [-0.39, 0.29) is 23.5 Å². The summed E-state index contributed by atoms with van der Waals surface area (Å²) in [6.07, 6.45) is -1.27. The predicted octanol–water partition coefficient (Wildman–Crippen LogP) is 1.85. The molecular formula is C11H13FO3. The zero-order valence-electron chi connectivity index (χ0n) is 8.66. The molecule has 1 atom stereocenters. The molecule has 0 fully saturated rings. The van der Waals surface area contributed by atoms with Crippen molar-refractivity contribution < 1.29 is 19.0 Å². The van der Waals surface area contributed by atoms with Gasteiger partial charge in [0.1, 0.15) is 17.3 Å². The van der Waals surface area contributed by atoms with E-state index in [1.54, 1.807) is 6.07 Å². The van der Waals surface area contributed by atoms with Crippen LogP contribution in [0.5, 0.6) is 5.75 Å². The van der Waals surface area contributed by atoms with Crippen molar-refractivity contribution in [3.05, 3.63) is 29.6 Å². The first kappa shape index (κ1) is 11.7. The Kier molecular flexibility index (Phi) is 3.80. The third-order valence-corrected chi connectivity index (χ3v) is 2.05. The lowest BCUT2D eigenvalue weighted by Gasteiger charge is -2.14. The van der Waals surface area contributed by atoms with Crippen LogP contribution in [-0.4, -0.2) is 18.0 Å².